The molecule has 0 bridgehead atoms. The molecular formula is C40H44N4O2S. The van der Waals surface area contributed by atoms with Crippen LogP contribution in [0.25, 0.3) is 0 Å². The molecule has 3 heterocycles. The van der Waals surface area contributed by atoms with E-state index in [1.165, 1.54) is 9.79 Å². The molecule has 47 heavy (non-hydrogen) atoms. The lowest BCUT2D eigenvalue weighted by molar-refractivity contribution is -0.125. The molecule has 0 saturated carbocycles. The van der Waals surface area contributed by atoms with Gasteiger partial charge in [-0.25, -0.2) is 0 Å². The topological polar surface area (TPSA) is 55.9 Å². The average molecular weight is 645 g/mol. The molecule has 3 aliphatic heterocycles. The number of benzene rings is 4. The van der Waals surface area contributed by atoms with Gasteiger partial charge in [0, 0.05) is 60.3 Å². The van der Waals surface area contributed by atoms with Crippen molar-refractivity contribution in [3.63, 3.8) is 0 Å². The van der Waals surface area contributed by atoms with Gasteiger partial charge in [-0.15, -0.1) is 0 Å². The molecule has 1 unspecified atom stereocenters. The van der Waals surface area contributed by atoms with Crippen molar-refractivity contribution < 1.29 is 9.59 Å². The highest BCUT2D eigenvalue weighted by atomic mass is 32.2. The molecule has 7 rings (SSSR count). The molecule has 3 aliphatic rings. The van der Waals surface area contributed by atoms with E-state index >= 15 is 0 Å². The normalized spacial score (nSPS) is 17.5. The number of nitrogens with one attached hydrogen (secondary N) is 1. The zero-order valence-corrected chi connectivity index (χ0v) is 28.3. The molecular weight excluding hydrogens is 601 g/mol. The lowest BCUT2D eigenvalue weighted by atomic mass is 9.69. The first-order chi connectivity index (χ1) is 23.0. The highest BCUT2D eigenvalue weighted by molar-refractivity contribution is 7.99. The lowest BCUT2D eigenvalue weighted by Crippen LogP contribution is -2.47. The van der Waals surface area contributed by atoms with Crippen molar-refractivity contribution in [3.05, 3.63) is 125 Å². The molecule has 2 amide bonds. The predicted octanol–water partition coefficient (Wildman–Crippen LogP) is 7.28. The third kappa shape index (κ3) is 5.96. The molecule has 4 aromatic rings. The number of likely N-dealkylation sites (N-methyl/N-ethyl adjacent to an activating group) is 1. The Kier molecular flexibility index (Phi) is 9.11. The van der Waals surface area contributed by atoms with Crippen LogP contribution in [0.15, 0.2) is 107 Å². The molecule has 7 heteroatoms. The molecule has 6 nitrogen and oxygen atoms in total. The van der Waals surface area contributed by atoms with Crippen LogP contribution in [0.4, 0.5) is 5.69 Å². The number of carbonyl (C=O) groups excluding carboxylic acids is 2. The van der Waals surface area contributed by atoms with Gasteiger partial charge >= 0.3 is 0 Å². The van der Waals surface area contributed by atoms with Gasteiger partial charge in [0.1, 0.15) is 5.41 Å². The minimum atomic E-state index is -0.674. The molecule has 242 valence electrons. The van der Waals surface area contributed by atoms with E-state index in [0.29, 0.717) is 13.1 Å². The Labute approximate surface area is 283 Å². The van der Waals surface area contributed by atoms with Crippen molar-refractivity contribution in [1.29, 1.82) is 0 Å². The van der Waals surface area contributed by atoms with Crippen molar-refractivity contribution in [2.45, 2.75) is 60.9 Å². The number of fused-ring (bicyclic) bond motifs is 3. The highest BCUT2D eigenvalue weighted by Gasteiger charge is 2.46. The first kappa shape index (κ1) is 31.5. The van der Waals surface area contributed by atoms with E-state index < -0.39 is 5.41 Å². The molecule has 0 aromatic heterocycles. The molecule has 0 radical (unpaired) electrons. The van der Waals surface area contributed by atoms with E-state index in [9.17, 15) is 9.59 Å². The monoisotopic (exact) mass is 644 g/mol. The van der Waals surface area contributed by atoms with Crippen LogP contribution in [0.1, 0.15) is 71.8 Å². The van der Waals surface area contributed by atoms with Crippen molar-refractivity contribution in [1.82, 2.24) is 15.1 Å². The Bertz CT molecular complexity index is 1700. The lowest BCUT2D eigenvalue weighted by Gasteiger charge is -2.40. The Morgan fingerprint density at radius 3 is 2.19 bits per heavy atom. The minimum Gasteiger partial charge on any atom is -0.369 e. The zero-order valence-electron chi connectivity index (χ0n) is 27.5. The molecule has 1 saturated heterocycles. The summed E-state index contributed by atoms with van der Waals surface area (Å²) in [7, 11) is 0. The van der Waals surface area contributed by atoms with Crippen LogP contribution in [-0.4, -0.2) is 60.9 Å². The summed E-state index contributed by atoms with van der Waals surface area (Å²) in [5.41, 5.74) is 5.86. The van der Waals surface area contributed by atoms with Crippen LogP contribution >= 0.6 is 11.8 Å². The minimum absolute atomic E-state index is 0.0421. The molecule has 0 aliphatic carbocycles. The quantitative estimate of drug-likeness (QED) is 0.184. The summed E-state index contributed by atoms with van der Waals surface area (Å²) in [6, 6.07) is 33.7. The van der Waals surface area contributed by atoms with Crippen molar-refractivity contribution in [2.75, 3.05) is 44.2 Å². The summed E-state index contributed by atoms with van der Waals surface area (Å²) in [6.07, 6.45) is 2.80. The first-order valence-electron chi connectivity index (χ1n) is 17.1. The Morgan fingerprint density at radius 2 is 1.51 bits per heavy atom. The number of nitrogens with zero attached hydrogens (tertiary/aromatic N) is 3. The third-order valence-electron chi connectivity index (χ3n) is 10.3. The largest absolute Gasteiger partial charge is 0.369 e. The van der Waals surface area contributed by atoms with Gasteiger partial charge in [0.2, 0.25) is 5.91 Å². The summed E-state index contributed by atoms with van der Waals surface area (Å²) < 4.78 is 0. The van der Waals surface area contributed by atoms with Gasteiger partial charge in [-0.1, -0.05) is 91.0 Å². The number of anilines is 1. The Hall–Kier alpha value is -4.07. The van der Waals surface area contributed by atoms with E-state index in [2.05, 4.69) is 101 Å². The zero-order chi connectivity index (χ0) is 32.4. The summed E-state index contributed by atoms with van der Waals surface area (Å²) in [5, 5.41) is 3.19. The number of hydrogen-bond donors (Lipinski definition) is 1. The second kappa shape index (κ2) is 13.6. The van der Waals surface area contributed by atoms with Crippen LogP contribution < -0.4 is 10.2 Å². The highest BCUT2D eigenvalue weighted by Crippen LogP contribution is 2.51. The van der Waals surface area contributed by atoms with Crippen LogP contribution in [0, 0.1) is 0 Å². The Morgan fingerprint density at radius 1 is 0.851 bits per heavy atom. The SMILES string of the molecule is CCNC(=O)C1(CCCCN2CCN(c3ccc4c(c3)C(=O)N(C(C)c3ccccc3)C4)CC2)c2ccccc2Sc2ccccc21. The predicted molar refractivity (Wildman–Crippen MR) is 190 cm³/mol. The summed E-state index contributed by atoms with van der Waals surface area (Å²) in [5.74, 6) is 0.239. The van der Waals surface area contributed by atoms with Gasteiger partial charge in [-0.3, -0.25) is 14.5 Å². The van der Waals surface area contributed by atoms with Gasteiger partial charge in [-0.2, -0.15) is 0 Å². The van der Waals surface area contributed by atoms with E-state index in [1.807, 2.05) is 30.0 Å². The number of unbranched alkanes of at least 4 members (excludes halogenated alkanes) is 1. The van der Waals surface area contributed by atoms with Crippen molar-refractivity contribution in [3.8, 4) is 0 Å². The number of piperazine rings is 1. The third-order valence-corrected chi connectivity index (χ3v) is 11.5. The second-order valence-electron chi connectivity index (χ2n) is 13.0. The van der Waals surface area contributed by atoms with Crippen LogP contribution in [-0.2, 0) is 16.8 Å². The maximum Gasteiger partial charge on any atom is 0.255 e. The molecule has 1 atom stereocenters. The number of rotatable bonds is 10. The maximum atomic E-state index is 14.0. The van der Waals surface area contributed by atoms with Gasteiger partial charge in [0.15, 0.2) is 0 Å². The van der Waals surface area contributed by atoms with Crippen LogP contribution in [0.3, 0.4) is 0 Å². The second-order valence-corrected chi connectivity index (χ2v) is 14.1. The Balaban J connectivity index is 0.970. The fraction of sp³-hybridized carbons (Fsp3) is 0.350. The van der Waals surface area contributed by atoms with E-state index in [0.717, 1.165) is 85.5 Å². The number of carbonyl (C=O) groups is 2. The van der Waals surface area contributed by atoms with Gasteiger partial charge in [-0.05, 0) is 79.8 Å². The van der Waals surface area contributed by atoms with Gasteiger partial charge in [0.05, 0.1) is 6.04 Å². The molecule has 1 N–H and O–H groups in total. The van der Waals surface area contributed by atoms with Crippen molar-refractivity contribution >= 4 is 29.3 Å². The maximum absolute atomic E-state index is 14.0. The molecule has 4 aromatic carbocycles. The van der Waals surface area contributed by atoms with E-state index in [-0.39, 0.29) is 17.9 Å². The number of amides is 2. The van der Waals surface area contributed by atoms with Gasteiger partial charge < -0.3 is 15.1 Å². The average Bonchev–Trinajstić information content (AvgIpc) is 3.45. The van der Waals surface area contributed by atoms with Crippen molar-refractivity contribution in [2.24, 2.45) is 0 Å². The van der Waals surface area contributed by atoms with Crippen LogP contribution in [0.5, 0.6) is 0 Å². The van der Waals surface area contributed by atoms with E-state index in [1.54, 1.807) is 11.8 Å². The van der Waals surface area contributed by atoms with Crippen LogP contribution in [0.2, 0.25) is 0 Å². The fourth-order valence-electron chi connectivity index (χ4n) is 7.71. The molecule has 0 spiro atoms. The fourth-order valence-corrected chi connectivity index (χ4v) is 8.94. The summed E-state index contributed by atoms with van der Waals surface area (Å²) in [6.45, 7) is 10.3. The number of hydrogen-bond acceptors (Lipinski definition) is 5. The van der Waals surface area contributed by atoms with Gasteiger partial charge in [0.25, 0.3) is 5.91 Å². The molecule has 1 fully saturated rings. The summed E-state index contributed by atoms with van der Waals surface area (Å²) >= 11 is 1.77. The summed E-state index contributed by atoms with van der Waals surface area (Å²) in [4.78, 5) is 36.8. The first-order valence-corrected chi connectivity index (χ1v) is 17.9. The smallest absolute Gasteiger partial charge is 0.255 e. The standard InChI is InChI=1S/C40H44N4O2S/c1-3-41-39(46)40(34-15-7-9-17-36(34)47-37-18-10-8-16-35(37)40)21-11-12-22-42-23-25-43(26-24-42)32-20-19-31-28-44(38(45)33(31)27-32)29(2)30-13-5-4-6-14-30/h4-10,13-20,27,29H,3,11-12,21-26,28H2,1-2H3,(H,41,46). The van der Waals surface area contributed by atoms with E-state index in [4.69, 9.17) is 0 Å².